The summed E-state index contributed by atoms with van der Waals surface area (Å²) in [5, 5.41) is 0. The third-order valence-corrected chi connectivity index (χ3v) is 4.38. The second-order valence-corrected chi connectivity index (χ2v) is 6.55. The van der Waals surface area contributed by atoms with Crippen molar-refractivity contribution < 1.29 is 9.53 Å². The van der Waals surface area contributed by atoms with Crippen molar-refractivity contribution in [1.82, 2.24) is 0 Å². The molecule has 1 aliphatic carbocycles. The Morgan fingerprint density at radius 1 is 0.864 bits per heavy atom. The fraction of sp³-hybridized carbons (Fsp3) is 0.737. The molecule has 2 nitrogen and oxygen atoms in total. The number of ether oxygens (including phenoxy) is 1. The van der Waals surface area contributed by atoms with Crippen molar-refractivity contribution >= 4 is 18.6 Å². The van der Waals surface area contributed by atoms with Gasteiger partial charge in [-0.2, -0.15) is 12.6 Å². The molecule has 3 heteroatoms. The number of hydrogen-bond acceptors (Lipinski definition) is 3. The Kier molecular flexibility index (Phi) is 12.2. The molecule has 1 aliphatic rings. The number of allylic oxidation sites excluding steroid dienone is 4. The molecule has 0 aromatic heterocycles. The Balaban J connectivity index is 1.79. The van der Waals surface area contributed by atoms with Crippen molar-refractivity contribution in [2.75, 3.05) is 12.4 Å². The van der Waals surface area contributed by atoms with Crippen molar-refractivity contribution in [3.8, 4) is 0 Å². The van der Waals surface area contributed by atoms with Crippen molar-refractivity contribution in [2.24, 2.45) is 5.92 Å². The van der Waals surface area contributed by atoms with Gasteiger partial charge < -0.3 is 4.74 Å². The Labute approximate surface area is 141 Å². The second-order valence-electron chi connectivity index (χ2n) is 6.10. The van der Waals surface area contributed by atoms with Crippen LogP contribution in [-0.4, -0.2) is 18.3 Å². The van der Waals surface area contributed by atoms with Gasteiger partial charge in [0.2, 0.25) is 0 Å². The second kappa shape index (κ2) is 13.9. The van der Waals surface area contributed by atoms with Gasteiger partial charge in [-0.25, -0.2) is 0 Å². The monoisotopic (exact) mass is 324 g/mol. The van der Waals surface area contributed by atoms with Gasteiger partial charge in [0.1, 0.15) is 0 Å². The first-order chi connectivity index (χ1) is 10.8. The smallest absolute Gasteiger partial charge is 0.305 e. The van der Waals surface area contributed by atoms with Crippen LogP contribution in [0.1, 0.15) is 70.6 Å². The molecule has 0 saturated heterocycles. The van der Waals surface area contributed by atoms with E-state index in [-0.39, 0.29) is 5.97 Å². The van der Waals surface area contributed by atoms with E-state index in [9.17, 15) is 4.79 Å². The van der Waals surface area contributed by atoms with Gasteiger partial charge in [-0.1, -0.05) is 62.8 Å². The van der Waals surface area contributed by atoms with Crippen LogP contribution in [-0.2, 0) is 9.53 Å². The highest BCUT2D eigenvalue weighted by Gasteiger charge is 2.06. The van der Waals surface area contributed by atoms with Crippen molar-refractivity contribution in [2.45, 2.75) is 70.6 Å². The van der Waals surface area contributed by atoms with E-state index in [2.05, 4.69) is 36.9 Å². The Morgan fingerprint density at radius 2 is 1.50 bits per heavy atom. The summed E-state index contributed by atoms with van der Waals surface area (Å²) in [7, 11) is 0. The van der Waals surface area contributed by atoms with E-state index < -0.39 is 0 Å². The highest BCUT2D eigenvalue weighted by atomic mass is 32.1. The molecule has 1 rings (SSSR count). The Morgan fingerprint density at radius 3 is 2.18 bits per heavy atom. The number of carbonyl (C=O) groups is 1. The highest BCUT2D eigenvalue weighted by Crippen LogP contribution is 2.17. The third kappa shape index (κ3) is 10.9. The third-order valence-electron chi connectivity index (χ3n) is 4.06. The zero-order chi connectivity index (χ0) is 15.9. The van der Waals surface area contributed by atoms with E-state index in [1.165, 1.54) is 38.5 Å². The van der Waals surface area contributed by atoms with Crippen LogP contribution >= 0.6 is 12.6 Å². The van der Waals surface area contributed by atoms with Gasteiger partial charge >= 0.3 is 5.97 Å². The molecule has 0 spiro atoms. The van der Waals surface area contributed by atoms with E-state index in [1.54, 1.807) is 0 Å². The number of esters is 1. The molecule has 0 fully saturated rings. The zero-order valence-electron chi connectivity index (χ0n) is 13.8. The normalized spacial score (nSPS) is 13.9. The lowest BCUT2D eigenvalue weighted by Crippen LogP contribution is -2.05. The highest BCUT2D eigenvalue weighted by molar-refractivity contribution is 7.80. The number of thiol groups is 1. The molecule has 0 unspecified atom stereocenters. The lowest BCUT2D eigenvalue weighted by molar-refractivity contribution is -0.143. The van der Waals surface area contributed by atoms with Gasteiger partial charge in [0.25, 0.3) is 0 Å². The van der Waals surface area contributed by atoms with Crippen molar-refractivity contribution in [1.29, 1.82) is 0 Å². The fourth-order valence-corrected chi connectivity index (χ4v) is 2.90. The molecule has 0 saturated carbocycles. The van der Waals surface area contributed by atoms with E-state index in [0.717, 1.165) is 31.4 Å². The summed E-state index contributed by atoms with van der Waals surface area (Å²) in [6, 6.07) is 0. The number of carbonyl (C=O) groups excluding carboxylic acids is 1. The van der Waals surface area contributed by atoms with Crippen molar-refractivity contribution in [3.05, 3.63) is 24.3 Å². The summed E-state index contributed by atoms with van der Waals surface area (Å²) < 4.78 is 5.28. The lowest BCUT2D eigenvalue weighted by atomic mass is 10.0. The molecule has 0 atom stereocenters. The van der Waals surface area contributed by atoms with Gasteiger partial charge in [-0.15, -0.1) is 0 Å². The van der Waals surface area contributed by atoms with Crippen LogP contribution in [0.3, 0.4) is 0 Å². The minimum Gasteiger partial charge on any atom is -0.466 e. The quantitative estimate of drug-likeness (QED) is 0.260. The summed E-state index contributed by atoms with van der Waals surface area (Å²) in [4.78, 5) is 11.6. The minimum absolute atomic E-state index is 0.0220. The van der Waals surface area contributed by atoms with Gasteiger partial charge in [-0.05, 0) is 37.4 Å². The van der Waals surface area contributed by atoms with Gasteiger partial charge in [0.15, 0.2) is 0 Å². The first kappa shape index (κ1) is 19.3. The molecular weight excluding hydrogens is 292 g/mol. The molecular formula is C19H32O2S. The number of rotatable bonds is 14. The van der Waals surface area contributed by atoms with Crippen LogP contribution in [0.25, 0.3) is 0 Å². The lowest BCUT2D eigenvalue weighted by Gasteiger charge is -2.06. The predicted octanol–water partition coefficient (Wildman–Crippen LogP) is 5.49. The topological polar surface area (TPSA) is 26.3 Å². The molecule has 0 aliphatic heterocycles. The molecule has 0 bridgehead atoms. The maximum Gasteiger partial charge on any atom is 0.305 e. The standard InChI is InChI=1S/C19H32O2S/c20-19(15-9-8-14-18-12-6-7-13-18)21-16-10-4-2-1-3-5-11-17-22/h6-7,12-13,18,22H,1-5,8-11,14-17H2. The van der Waals surface area contributed by atoms with Crippen LogP contribution < -0.4 is 0 Å². The summed E-state index contributed by atoms with van der Waals surface area (Å²) in [6.45, 7) is 0.601. The van der Waals surface area contributed by atoms with E-state index >= 15 is 0 Å². The molecule has 0 amide bonds. The van der Waals surface area contributed by atoms with Gasteiger partial charge in [0.05, 0.1) is 6.61 Å². The minimum atomic E-state index is -0.0220. The molecule has 0 heterocycles. The molecule has 0 N–H and O–H groups in total. The van der Waals surface area contributed by atoms with E-state index in [4.69, 9.17) is 4.74 Å². The van der Waals surface area contributed by atoms with Gasteiger partial charge in [-0.3, -0.25) is 4.79 Å². The maximum atomic E-state index is 11.6. The van der Waals surface area contributed by atoms with Crippen LogP contribution in [0.2, 0.25) is 0 Å². The average molecular weight is 325 g/mol. The Bertz CT molecular complexity index is 324. The summed E-state index contributed by atoms with van der Waals surface area (Å²) in [5.41, 5.74) is 0. The first-order valence-corrected chi connectivity index (χ1v) is 9.57. The molecule has 22 heavy (non-hydrogen) atoms. The number of hydrogen-bond donors (Lipinski definition) is 1. The van der Waals surface area contributed by atoms with E-state index in [1.807, 2.05) is 0 Å². The van der Waals surface area contributed by atoms with Crippen LogP contribution in [0.4, 0.5) is 0 Å². The molecule has 0 aromatic carbocycles. The Hall–Kier alpha value is -0.700. The fourth-order valence-electron chi connectivity index (χ4n) is 2.68. The average Bonchev–Trinajstić information content (AvgIpc) is 3.03. The van der Waals surface area contributed by atoms with Crippen molar-refractivity contribution in [3.63, 3.8) is 0 Å². The summed E-state index contributed by atoms with van der Waals surface area (Å²) in [5.74, 6) is 1.57. The van der Waals surface area contributed by atoms with Crippen LogP contribution in [0, 0.1) is 5.92 Å². The molecule has 0 radical (unpaired) electrons. The number of unbranched alkanes of at least 4 members (excludes halogenated alkanes) is 7. The first-order valence-electron chi connectivity index (χ1n) is 8.94. The molecule has 126 valence electrons. The zero-order valence-corrected chi connectivity index (χ0v) is 14.7. The summed E-state index contributed by atoms with van der Waals surface area (Å²) in [6.07, 6.45) is 21.0. The maximum absolute atomic E-state index is 11.6. The largest absolute Gasteiger partial charge is 0.466 e. The van der Waals surface area contributed by atoms with Crippen LogP contribution in [0.15, 0.2) is 24.3 Å². The predicted molar refractivity (Wildman–Crippen MR) is 97.4 cm³/mol. The summed E-state index contributed by atoms with van der Waals surface area (Å²) >= 11 is 4.21. The van der Waals surface area contributed by atoms with E-state index in [0.29, 0.717) is 18.9 Å². The van der Waals surface area contributed by atoms with Crippen LogP contribution in [0.5, 0.6) is 0 Å². The molecule has 0 aromatic rings. The SMILES string of the molecule is O=C(CCCCC1C=CC=C1)OCCCCCCCCCS. The van der Waals surface area contributed by atoms with Gasteiger partial charge in [0, 0.05) is 6.42 Å².